The number of allylic oxidation sites excluding steroid dienone is 1. The lowest BCUT2D eigenvalue weighted by Gasteiger charge is -2.18. The van der Waals surface area contributed by atoms with E-state index in [1.165, 1.54) is 70.6 Å². The van der Waals surface area contributed by atoms with Gasteiger partial charge in [0.25, 0.3) is 0 Å². The molecule has 1 unspecified atom stereocenters. The van der Waals surface area contributed by atoms with Gasteiger partial charge in [-0.2, -0.15) is 0 Å². The van der Waals surface area contributed by atoms with Crippen molar-refractivity contribution in [1.29, 1.82) is 0 Å². The third kappa shape index (κ3) is 8.27. The van der Waals surface area contributed by atoms with Gasteiger partial charge in [-0.15, -0.1) is 0 Å². The highest BCUT2D eigenvalue weighted by molar-refractivity contribution is 5.66. The van der Waals surface area contributed by atoms with Gasteiger partial charge in [-0.1, -0.05) is 76.9 Å². The minimum Gasteiger partial charge on any atom is -0.481 e. The fourth-order valence-corrected chi connectivity index (χ4v) is 5.64. The lowest BCUT2D eigenvalue weighted by atomic mass is 9.89. The highest BCUT2D eigenvalue weighted by Gasteiger charge is 2.46. The van der Waals surface area contributed by atoms with Crippen LogP contribution in [0.4, 0.5) is 0 Å². The average molecular weight is 393 g/mol. The molecule has 5 atom stereocenters. The van der Waals surface area contributed by atoms with Gasteiger partial charge in [0, 0.05) is 12.3 Å². The lowest BCUT2D eigenvalue weighted by molar-refractivity contribution is -0.137. The molecule has 0 aliphatic heterocycles. The molecule has 0 aromatic rings. The maximum Gasteiger partial charge on any atom is 0.303 e. The molecule has 3 heteroatoms. The number of aliphatic hydroxyl groups is 1. The van der Waals surface area contributed by atoms with Crippen LogP contribution >= 0.6 is 0 Å². The number of carboxylic acids is 1. The SMILES string of the molecule is CCCCCCCCCC/C=C/[C@@H]1[C@H]2CC(CCCCC(=O)O)C[C@H]2C[C@H]1O. The zero-order valence-corrected chi connectivity index (χ0v) is 18.2. The van der Waals surface area contributed by atoms with Gasteiger partial charge in [0.05, 0.1) is 6.10 Å². The van der Waals surface area contributed by atoms with Gasteiger partial charge in [-0.3, -0.25) is 4.79 Å². The molecule has 2 N–H and O–H groups in total. The number of aliphatic carboxylic acids is 1. The second-order valence-electron chi connectivity index (χ2n) is 9.47. The van der Waals surface area contributed by atoms with E-state index in [4.69, 9.17) is 5.11 Å². The molecule has 2 aliphatic carbocycles. The normalized spacial score (nSPS) is 29.6. The van der Waals surface area contributed by atoms with Gasteiger partial charge in [0.1, 0.15) is 0 Å². The Morgan fingerprint density at radius 2 is 1.64 bits per heavy atom. The summed E-state index contributed by atoms with van der Waals surface area (Å²) in [5, 5.41) is 19.2. The number of aliphatic hydroxyl groups excluding tert-OH is 1. The number of unbranched alkanes of at least 4 members (excludes halogenated alkanes) is 9. The van der Waals surface area contributed by atoms with Crippen molar-refractivity contribution in [2.75, 3.05) is 0 Å². The first-order valence-corrected chi connectivity index (χ1v) is 12.2. The van der Waals surface area contributed by atoms with Crippen LogP contribution in [-0.4, -0.2) is 22.3 Å². The third-order valence-corrected chi connectivity index (χ3v) is 7.17. The molecule has 2 rings (SSSR count). The lowest BCUT2D eigenvalue weighted by Crippen LogP contribution is -2.17. The monoisotopic (exact) mass is 392 g/mol. The van der Waals surface area contributed by atoms with Crippen molar-refractivity contribution in [3.63, 3.8) is 0 Å². The minimum absolute atomic E-state index is 0.141. The molecule has 0 amide bonds. The molecule has 0 spiro atoms. The van der Waals surface area contributed by atoms with E-state index in [0.717, 1.165) is 31.6 Å². The third-order valence-electron chi connectivity index (χ3n) is 7.17. The van der Waals surface area contributed by atoms with E-state index in [-0.39, 0.29) is 6.10 Å². The van der Waals surface area contributed by atoms with Gasteiger partial charge >= 0.3 is 5.97 Å². The zero-order valence-electron chi connectivity index (χ0n) is 18.2. The first kappa shape index (κ1) is 23.4. The van der Waals surface area contributed by atoms with Gasteiger partial charge in [-0.25, -0.2) is 0 Å². The Kier molecular flexibility index (Phi) is 11.2. The first-order chi connectivity index (χ1) is 13.6. The summed E-state index contributed by atoms with van der Waals surface area (Å²) in [6.45, 7) is 2.27. The number of carbonyl (C=O) groups is 1. The van der Waals surface area contributed by atoms with Gasteiger partial charge < -0.3 is 10.2 Å². The largest absolute Gasteiger partial charge is 0.481 e. The molecule has 0 radical (unpaired) electrons. The summed E-state index contributed by atoms with van der Waals surface area (Å²) in [5.41, 5.74) is 0. The van der Waals surface area contributed by atoms with Crippen LogP contribution in [0.3, 0.4) is 0 Å². The minimum atomic E-state index is -0.673. The Balaban J connectivity index is 1.58. The Hall–Kier alpha value is -0.830. The van der Waals surface area contributed by atoms with Crippen LogP contribution in [0.15, 0.2) is 12.2 Å². The molecule has 2 saturated carbocycles. The molecule has 2 fully saturated rings. The van der Waals surface area contributed by atoms with Crippen molar-refractivity contribution in [2.45, 2.75) is 116 Å². The summed E-state index contributed by atoms with van der Waals surface area (Å²) in [6.07, 6.45) is 23.4. The second kappa shape index (κ2) is 13.4. The molecule has 3 nitrogen and oxygen atoms in total. The maximum atomic E-state index is 10.6. The Labute approximate surface area is 173 Å². The number of rotatable bonds is 15. The molecular weight excluding hydrogens is 348 g/mol. The highest BCUT2D eigenvalue weighted by atomic mass is 16.4. The van der Waals surface area contributed by atoms with E-state index in [9.17, 15) is 9.90 Å². The predicted molar refractivity (Wildman–Crippen MR) is 116 cm³/mol. The topological polar surface area (TPSA) is 57.5 Å². The van der Waals surface area contributed by atoms with Crippen molar-refractivity contribution in [3.05, 3.63) is 12.2 Å². The van der Waals surface area contributed by atoms with Gasteiger partial charge in [-0.05, 0) is 56.3 Å². The molecular formula is C25H44O3. The van der Waals surface area contributed by atoms with Gasteiger partial charge in [0.15, 0.2) is 0 Å². The van der Waals surface area contributed by atoms with Gasteiger partial charge in [0.2, 0.25) is 0 Å². The number of hydrogen-bond acceptors (Lipinski definition) is 2. The van der Waals surface area contributed by atoms with Crippen molar-refractivity contribution in [3.8, 4) is 0 Å². The maximum absolute atomic E-state index is 10.6. The number of carboxylic acid groups (broad SMARTS) is 1. The standard InChI is InChI=1S/C25H44O3/c1-2-3-4-5-6-7-8-9-10-11-15-22-23-18-20(14-12-13-16-25(27)28)17-21(23)19-24(22)26/h11,15,20-24,26H,2-10,12-14,16-19H2,1H3,(H,27,28)/b15-11+/t20?,21-,22+,23-,24+/m0/s1. The number of hydrogen-bond donors (Lipinski definition) is 2. The summed E-state index contributed by atoms with van der Waals surface area (Å²) >= 11 is 0. The van der Waals surface area contributed by atoms with Crippen LogP contribution in [0.1, 0.15) is 110 Å². The van der Waals surface area contributed by atoms with E-state index < -0.39 is 5.97 Å². The van der Waals surface area contributed by atoms with Crippen LogP contribution in [-0.2, 0) is 4.79 Å². The fourth-order valence-electron chi connectivity index (χ4n) is 5.64. The smallest absolute Gasteiger partial charge is 0.303 e. The Bertz CT molecular complexity index is 459. The fraction of sp³-hybridized carbons (Fsp3) is 0.880. The summed E-state index contributed by atoms with van der Waals surface area (Å²) in [6, 6.07) is 0. The molecule has 2 aliphatic rings. The van der Waals surface area contributed by atoms with Crippen molar-refractivity contribution >= 4 is 5.97 Å². The summed E-state index contributed by atoms with van der Waals surface area (Å²) in [5.74, 6) is 1.79. The van der Waals surface area contributed by atoms with E-state index in [1.807, 2.05) is 0 Å². The molecule has 0 bridgehead atoms. The quantitative estimate of drug-likeness (QED) is 0.239. The van der Waals surface area contributed by atoms with Crippen LogP contribution < -0.4 is 0 Å². The van der Waals surface area contributed by atoms with Crippen molar-refractivity contribution in [2.24, 2.45) is 23.7 Å². The molecule has 0 heterocycles. The van der Waals surface area contributed by atoms with Crippen LogP contribution in [0.5, 0.6) is 0 Å². The van der Waals surface area contributed by atoms with E-state index in [2.05, 4.69) is 19.1 Å². The van der Waals surface area contributed by atoms with E-state index in [0.29, 0.717) is 24.2 Å². The molecule has 28 heavy (non-hydrogen) atoms. The van der Waals surface area contributed by atoms with Crippen LogP contribution in [0.2, 0.25) is 0 Å². The van der Waals surface area contributed by atoms with Crippen molar-refractivity contribution < 1.29 is 15.0 Å². The molecule has 0 aromatic carbocycles. The second-order valence-corrected chi connectivity index (χ2v) is 9.47. The van der Waals surface area contributed by atoms with Crippen LogP contribution in [0, 0.1) is 23.7 Å². The summed E-state index contributed by atoms with van der Waals surface area (Å²) in [7, 11) is 0. The summed E-state index contributed by atoms with van der Waals surface area (Å²) in [4.78, 5) is 10.6. The van der Waals surface area contributed by atoms with Crippen LogP contribution in [0.25, 0.3) is 0 Å². The van der Waals surface area contributed by atoms with Crippen molar-refractivity contribution in [1.82, 2.24) is 0 Å². The predicted octanol–water partition coefficient (Wildman–Crippen LogP) is 6.74. The average Bonchev–Trinajstić information content (AvgIpc) is 3.17. The summed E-state index contributed by atoms with van der Waals surface area (Å²) < 4.78 is 0. The Morgan fingerprint density at radius 3 is 2.36 bits per heavy atom. The zero-order chi connectivity index (χ0) is 20.2. The van der Waals surface area contributed by atoms with E-state index >= 15 is 0 Å². The molecule has 0 saturated heterocycles. The first-order valence-electron chi connectivity index (χ1n) is 12.2. The number of fused-ring (bicyclic) bond motifs is 1. The highest BCUT2D eigenvalue weighted by Crippen LogP contribution is 2.51. The molecule has 162 valence electrons. The Morgan fingerprint density at radius 1 is 0.929 bits per heavy atom. The molecule has 0 aromatic heterocycles. The van der Waals surface area contributed by atoms with E-state index in [1.54, 1.807) is 0 Å².